The molecule has 0 spiro atoms. The van der Waals surface area contributed by atoms with Gasteiger partial charge in [-0.25, -0.2) is 4.79 Å². The molecule has 1 aromatic carbocycles. The minimum atomic E-state index is -1.09. The van der Waals surface area contributed by atoms with E-state index in [0.29, 0.717) is 10.6 Å². The second kappa shape index (κ2) is 6.84. The van der Waals surface area contributed by atoms with E-state index >= 15 is 0 Å². The summed E-state index contributed by atoms with van der Waals surface area (Å²) < 4.78 is 10.5. The predicted octanol–water partition coefficient (Wildman–Crippen LogP) is 2.40. The van der Waals surface area contributed by atoms with E-state index in [1.807, 2.05) is 0 Å². The summed E-state index contributed by atoms with van der Waals surface area (Å²) >= 11 is 5.87. The van der Waals surface area contributed by atoms with Gasteiger partial charge in [0, 0.05) is 16.7 Å². The number of carboxylic acids is 1. The van der Waals surface area contributed by atoms with Crippen molar-refractivity contribution in [2.75, 3.05) is 7.11 Å². The smallest absolute Gasteiger partial charge is 0.344 e. The van der Waals surface area contributed by atoms with Crippen LogP contribution in [0.2, 0.25) is 5.02 Å². The molecule has 0 aliphatic carbocycles. The summed E-state index contributed by atoms with van der Waals surface area (Å²) in [5.41, 5.74) is 0.326. The first-order valence-corrected chi connectivity index (χ1v) is 5.85. The van der Waals surface area contributed by atoms with Gasteiger partial charge in [0.25, 0.3) is 0 Å². The van der Waals surface area contributed by atoms with Crippen LogP contribution < -0.4 is 9.47 Å². The number of ether oxygens (including phenoxy) is 2. The summed E-state index contributed by atoms with van der Waals surface area (Å²) in [6.45, 7) is 1.68. The topological polar surface area (TPSA) is 88.4 Å². The second-order valence-corrected chi connectivity index (χ2v) is 4.06. The van der Waals surface area contributed by atoms with Gasteiger partial charge in [-0.1, -0.05) is 23.7 Å². The Morgan fingerprint density at radius 2 is 2.26 bits per heavy atom. The number of halogens is 1. The molecule has 0 aliphatic heterocycles. The lowest BCUT2D eigenvalue weighted by Crippen LogP contribution is -2.26. The van der Waals surface area contributed by atoms with Crippen molar-refractivity contribution in [2.45, 2.75) is 19.4 Å². The second-order valence-electron chi connectivity index (χ2n) is 3.62. The fourth-order valence-electron chi connectivity index (χ4n) is 1.48. The SMILES string of the molecule is CCC(Oc1c(C=NO)cc(Cl)cc1OC)C(=O)O. The molecule has 6 nitrogen and oxygen atoms in total. The number of hydrogen-bond donors (Lipinski definition) is 2. The highest BCUT2D eigenvalue weighted by Crippen LogP contribution is 2.34. The van der Waals surface area contributed by atoms with E-state index < -0.39 is 12.1 Å². The van der Waals surface area contributed by atoms with Gasteiger partial charge in [-0.05, 0) is 12.5 Å². The summed E-state index contributed by atoms with van der Waals surface area (Å²) in [7, 11) is 1.40. The first-order valence-electron chi connectivity index (χ1n) is 5.47. The Morgan fingerprint density at radius 1 is 1.58 bits per heavy atom. The number of aliphatic carboxylic acids is 1. The van der Waals surface area contributed by atoms with Gasteiger partial charge in [0.05, 0.1) is 13.3 Å². The van der Waals surface area contributed by atoms with Crippen molar-refractivity contribution < 1.29 is 24.6 Å². The quantitative estimate of drug-likeness (QED) is 0.476. The summed E-state index contributed by atoms with van der Waals surface area (Å²) in [4.78, 5) is 11.0. The van der Waals surface area contributed by atoms with Gasteiger partial charge in [0.2, 0.25) is 0 Å². The maximum absolute atomic E-state index is 11.0. The molecular formula is C12H14ClNO5. The van der Waals surface area contributed by atoms with Crippen LogP contribution >= 0.6 is 11.6 Å². The molecule has 0 saturated heterocycles. The Morgan fingerprint density at radius 3 is 2.74 bits per heavy atom. The largest absolute Gasteiger partial charge is 0.493 e. The molecule has 2 N–H and O–H groups in total. The molecule has 19 heavy (non-hydrogen) atoms. The highest BCUT2D eigenvalue weighted by atomic mass is 35.5. The number of benzene rings is 1. The van der Waals surface area contributed by atoms with Gasteiger partial charge in [-0.2, -0.15) is 0 Å². The Kier molecular flexibility index (Phi) is 5.44. The molecule has 0 amide bonds. The lowest BCUT2D eigenvalue weighted by atomic mass is 10.2. The fraction of sp³-hybridized carbons (Fsp3) is 0.333. The van der Waals surface area contributed by atoms with E-state index in [2.05, 4.69) is 5.16 Å². The van der Waals surface area contributed by atoms with Crippen LogP contribution in [0.1, 0.15) is 18.9 Å². The van der Waals surface area contributed by atoms with Crippen molar-refractivity contribution in [3.05, 3.63) is 22.7 Å². The number of carbonyl (C=O) groups is 1. The van der Waals surface area contributed by atoms with E-state index in [1.165, 1.54) is 19.2 Å². The maximum Gasteiger partial charge on any atom is 0.344 e. The van der Waals surface area contributed by atoms with E-state index in [9.17, 15) is 4.79 Å². The maximum atomic E-state index is 11.0. The van der Waals surface area contributed by atoms with Crippen molar-refractivity contribution in [1.82, 2.24) is 0 Å². The summed E-state index contributed by atoms with van der Waals surface area (Å²) in [6.07, 6.45) is 0.343. The normalized spacial score (nSPS) is 12.4. The van der Waals surface area contributed by atoms with Gasteiger partial charge in [0.15, 0.2) is 17.6 Å². The molecule has 1 aromatic rings. The van der Waals surface area contributed by atoms with Crippen LogP contribution in [0.5, 0.6) is 11.5 Å². The van der Waals surface area contributed by atoms with Crippen molar-refractivity contribution in [1.29, 1.82) is 0 Å². The first kappa shape index (κ1) is 15.1. The molecule has 7 heteroatoms. The lowest BCUT2D eigenvalue weighted by Gasteiger charge is -2.17. The molecule has 0 bridgehead atoms. The van der Waals surface area contributed by atoms with Crippen LogP contribution in [0.3, 0.4) is 0 Å². The van der Waals surface area contributed by atoms with Crippen LogP contribution in [-0.4, -0.2) is 35.7 Å². The average molecular weight is 288 g/mol. The molecule has 1 unspecified atom stereocenters. The third-order valence-electron chi connectivity index (χ3n) is 2.37. The van der Waals surface area contributed by atoms with Crippen LogP contribution in [-0.2, 0) is 4.79 Å². The zero-order valence-electron chi connectivity index (χ0n) is 10.5. The molecule has 0 aromatic heterocycles. The third kappa shape index (κ3) is 3.75. The summed E-state index contributed by atoms with van der Waals surface area (Å²) in [5, 5.41) is 20.9. The molecule has 104 valence electrons. The van der Waals surface area contributed by atoms with Crippen molar-refractivity contribution in [3.8, 4) is 11.5 Å². The number of nitrogens with zero attached hydrogens (tertiary/aromatic N) is 1. The molecule has 0 saturated carbocycles. The van der Waals surface area contributed by atoms with Gasteiger partial charge < -0.3 is 19.8 Å². The standard InChI is InChI=1S/C12H14ClNO5/c1-3-9(12(15)16)19-11-7(6-14-17)4-8(13)5-10(11)18-2/h4-6,9,17H,3H2,1-2H3,(H,15,16). The number of rotatable bonds is 6. The zero-order chi connectivity index (χ0) is 14.4. The number of oxime groups is 1. The molecule has 0 fully saturated rings. The van der Waals surface area contributed by atoms with Crippen molar-refractivity contribution >= 4 is 23.8 Å². The number of methoxy groups -OCH3 is 1. The average Bonchev–Trinajstić information content (AvgIpc) is 2.37. The van der Waals surface area contributed by atoms with Crippen LogP contribution in [0, 0.1) is 0 Å². The highest BCUT2D eigenvalue weighted by molar-refractivity contribution is 6.31. The first-order chi connectivity index (χ1) is 9.03. The van der Waals surface area contributed by atoms with E-state index in [4.69, 9.17) is 31.4 Å². The third-order valence-corrected chi connectivity index (χ3v) is 2.59. The number of hydrogen-bond acceptors (Lipinski definition) is 5. The molecular weight excluding hydrogens is 274 g/mol. The van der Waals surface area contributed by atoms with E-state index in [0.717, 1.165) is 6.21 Å². The van der Waals surface area contributed by atoms with E-state index in [-0.39, 0.29) is 17.9 Å². The minimum Gasteiger partial charge on any atom is -0.493 e. The number of carboxylic acid groups (broad SMARTS) is 1. The van der Waals surface area contributed by atoms with Gasteiger partial charge >= 0.3 is 5.97 Å². The minimum absolute atomic E-state index is 0.166. The van der Waals surface area contributed by atoms with Crippen molar-refractivity contribution in [3.63, 3.8) is 0 Å². The zero-order valence-corrected chi connectivity index (χ0v) is 11.2. The molecule has 1 rings (SSSR count). The van der Waals surface area contributed by atoms with Gasteiger partial charge in [-0.3, -0.25) is 0 Å². The molecule has 1 atom stereocenters. The summed E-state index contributed by atoms with van der Waals surface area (Å²) in [6, 6.07) is 2.97. The van der Waals surface area contributed by atoms with Crippen LogP contribution in [0.15, 0.2) is 17.3 Å². The predicted molar refractivity (Wildman–Crippen MR) is 69.7 cm³/mol. The van der Waals surface area contributed by atoms with Gasteiger partial charge in [0.1, 0.15) is 0 Å². The fourth-order valence-corrected chi connectivity index (χ4v) is 1.69. The Hall–Kier alpha value is -1.95. The van der Waals surface area contributed by atoms with E-state index in [1.54, 1.807) is 6.92 Å². The molecule has 0 aliphatic rings. The lowest BCUT2D eigenvalue weighted by molar-refractivity contribution is -0.145. The molecule has 0 heterocycles. The Labute approximate surface area is 115 Å². The van der Waals surface area contributed by atoms with Crippen LogP contribution in [0.25, 0.3) is 0 Å². The Bertz CT molecular complexity index is 489. The summed E-state index contributed by atoms with van der Waals surface area (Å²) in [5.74, 6) is -0.660. The van der Waals surface area contributed by atoms with Crippen LogP contribution in [0.4, 0.5) is 0 Å². The van der Waals surface area contributed by atoms with Gasteiger partial charge in [-0.15, -0.1) is 0 Å². The van der Waals surface area contributed by atoms with Crippen molar-refractivity contribution in [2.24, 2.45) is 5.16 Å². The monoisotopic (exact) mass is 287 g/mol. The Balaban J connectivity index is 3.25. The molecule has 0 radical (unpaired) electrons. The highest BCUT2D eigenvalue weighted by Gasteiger charge is 2.21.